The molecule has 0 aromatic heterocycles. The molecule has 2 rings (SSSR count). The number of hydrogen-bond acceptors (Lipinski definition) is 8. The third-order valence-corrected chi connectivity index (χ3v) is 3.04. The molecule has 2 saturated heterocycles. The van der Waals surface area contributed by atoms with Gasteiger partial charge in [0.1, 0.15) is 51.2 Å². The van der Waals surface area contributed by atoms with Gasteiger partial charge in [0.15, 0.2) is 0 Å². The molecule has 20 heavy (non-hydrogen) atoms. The number of ether oxygens (including phenoxy) is 6. The molecule has 2 aliphatic rings. The third kappa shape index (κ3) is 3.89. The minimum Gasteiger partial charge on any atom is -0.463 e. The highest BCUT2D eigenvalue weighted by atomic mass is 16.8. The molecule has 0 saturated carbocycles. The van der Waals surface area contributed by atoms with Crippen LogP contribution < -0.4 is 0 Å². The van der Waals surface area contributed by atoms with Crippen molar-refractivity contribution in [1.82, 2.24) is 0 Å². The second-order valence-electron chi connectivity index (χ2n) is 4.51. The Labute approximate surface area is 116 Å². The number of carbonyl (C=O) groups is 2. The molecule has 0 aromatic carbocycles. The summed E-state index contributed by atoms with van der Waals surface area (Å²) in [6.07, 6.45) is -1.72. The van der Waals surface area contributed by atoms with E-state index in [9.17, 15) is 9.59 Å². The van der Waals surface area contributed by atoms with Gasteiger partial charge in [0.25, 0.3) is 0 Å². The van der Waals surface area contributed by atoms with Crippen molar-refractivity contribution >= 4 is 11.9 Å². The molecule has 114 valence electrons. The topological polar surface area (TPSA) is 89.5 Å². The van der Waals surface area contributed by atoms with Gasteiger partial charge < -0.3 is 28.4 Å². The molecule has 2 heterocycles. The van der Waals surface area contributed by atoms with Crippen LogP contribution in [0.3, 0.4) is 0 Å². The SMILES string of the molecule is CC(=O)OC[C@@H]1OCO[C@H]2[C@@H]1OCO[C@@H]2COC(C)=O. The van der Waals surface area contributed by atoms with Crippen LogP contribution in [0.15, 0.2) is 0 Å². The second-order valence-corrected chi connectivity index (χ2v) is 4.51. The minimum atomic E-state index is -0.433. The van der Waals surface area contributed by atoms with Crippen LogP contribution in [0.2, 0.25) is 0 Å². The van der Waals surface area contributed by atoms with E-state index in [1.807, 2.05) is 0 Å². The van der Waals surface area contributed by atoms with Crippen molar-refractivity contribution in [3.8, 4) is 0 Å². The monoisotopic (exact) mass is 290 g/mol. The summed E-state index contributed by atoms with van der Waals surface area (Å²) in [6.45, 7) is 2.89. The molecule has 0 N–H and O–H groups in total. The third-order valence-electron chi connectivity index (χ3n) is 3.04. The van der Waals surface area contributed by atoms with Crippen molar-refractivity contribution in [3.63, 3.8) is 0 Å². The largest absolute Gasteiger partial charge is 0.463 e. The highest BCUT2D eigenvalue weighted by Gasteiger charge is 2.45. The first-order valence-electron chi connectivity index (χ1n) is 6.31. The van der Waals surface area contributed by atoms with E-state index in [1.54, 1.807) is 0 Å². The Hall–Kier alpha value is -1.22. The van der Waals surface area contributed by atoms with E-state index in [0.29, 0.717) is 0 Å². The summed E-state index contributed by atoms with van der Waals surface area (Å²) in [5.41, 5.74) is 0. The molecule has 0 aromatic rings. The molecule has 0 radical (unpaired) electrons. The molecular weight excluding hydrogens is 272 g/mol. The molecule has 0 bridgehead atoms. The van der Waals surface area contributed by atoms with Crippen molar-refractivity contribution in [2.45, 2.75) is 38.3 Å². The van der Waals surface area contributed by atoms with Gasteiger partial charge in [0, 0.05) is 13.8 Å². The fourth-order valence-electron chi connectivity index (χ4n) is 2.11. The van der Waals surface area contributed by atoms with E-state index in [1.165, 1.54) is 13.8 Å². The maximum atomic E-state index is 10.9. The van der Waals surface area contributed by atoms with Crippen molar-refractivity contribution in [2.24, 2.45) is 0 Å². The molecule has 2 aliphatic heterocycles. The van der Waals surface area contributed by atoms with E-state index >= 15 is 0 Å². The van der Waals surface area contributed by atoms with Crippen LogP contribution in [0, 0.1) is 0 Å². The summed E-state index contributed by atoms with van der Waals surface area (Å²) in [4.78, 5) is 21.7. The molecule has 4 atom stereocenters. The highest BCUT2D eigenvalue weighted by molar-refractivity contribution is 5.66. The Balaban J connectivity index is 1.93. The zero-order valence-corrected chi connectivity index (χ0v) is 11.4. The number of hydrogen-bond donors (Lipinski definition) is 0. The molecule has 0 unspecified atom stereocenters. The van der Waals surface area contributed by atoms with Crippen LogP contribution in [0.4, 0.5) is 0 Å². The Morgan fingerprint density at radius 1 is 0.850 bits per heavy atom. The predicted octanol–water partition coefficient (Wildman–Crippen LogP) is -0.404. The number of rotatable bonds is 4. The first-order chi connectivity index (χ1) is 9.58. The molecular formula is C12H18O8. The van der Waals surface area contributed by atoms with Gasteiger partial charge in [0.2, 0.25) is 0 Å². The molecule has 8 heteroatoms. The Morgan fingerprint density at radius 3 is 1.60 bits per heavy atom. The number of esters is 2. The van der Waals surface area contributed by atoms with Gasteiger partial charge in [-0.15, -0.1) is 0 Å². The normalized spacial score (nSPS) is 33.1. The van der Waals surface area contributed by atoms with Crippen molar-refractivity contribution < 1.29 is 38.0 Å². The molecule has 0 aliphatic carbocycles. The fraction of sp³-hybridized carbons (Fsp3) is 0.833. The Bertz CT molecular complexity index is 323. The van der Waals surface area contributed by atoms with E-state index in [4.69, 9.17) is 28.4 Å². The average molecular weight is 290 g/mol. The lowest BCUT2D eigenvalue weighted by atomic mass is 10.0. The zero-order chi connectivity index (χ0) is 14.5. The maximum Gasteiger partial charge on any atom is 0.302 e. The average Bonchev–Trinajstić information content (AvgIpc) is 2.42. The van der Waals surface area contributed by atoms with E-state index in [-0.39, 0.29) is 38.7 Å². The van der Waals surface area contributed by atoms with Gasteiger partial charge >= 0.3 is 11.9 Å². The van der Waals surface area contributed by atoms with Crippen molar-refractivity contribution in [2.75, 3.05) is 26.8 Å². The molecule has 0 amide bonds. The van der Waals surface area contributed by atoms with Crippen LogP contribution in [0.25, 0.3) is 0 Å². The molecule has 8 nitrogen and oxygen atoms in total. The summed E-state index contributed by atoms with van der Waals surface area (Å²) in [5.74, 6) is -0.777. The van der Waals surface area contributed by atoms with E-state index in [0.717, 1.165) is 0 Å². The maximum absolute atomic E-state index is 10.9. The van der Waals surface area contributed by atoms with Gasteiger partial charge in [0.05, 0.1) is 0 Å². The van der Waals surface area contributed by atoms with E-state index < -0.39 is 24.4 Å². The lowest BCUT2D eigenvalue weighted by Gasteiger charge is -2.43. The highest BCUT2D eigenvalue weighted by Crippen LogP contribution is 2.26. The summed E-state index contributed by atoms with van der Waals surface area (Å²) >= 11 is 0. The fourth-order valence-corrected chi connectivity index (χ4v) is 2.11. The predicted molar refractivity (Wildman–Crippen MR) is 62.5 cm³/mol. The zero-order valence-electron chi connectivity index (χ0n) is 11.4. The van der Waals surface area contributed by atoms with Crippen molar-refractivity contribution in [3.05, 3.63) is 0 Å². The van der Waals surface area contributed by atoms with Gasteiger partial charge in [-0.25, -0.2) is 0 Å². The summed E-state index contributed by atoms with van der Waals surface area (Å²) in [5, 5.41) is 0. The lowest BCUT2D eigenvalue weighted by molar-refractivity contribution is -0.329. The van der Waals surface area contributed by atoms with Crippen LogP contribution in [0.1, 0.15) is 13.8 Å². The van der Waals surface area contributed by atoms with Gasteiger partial charge in [-0.05, 0) is 0 Å². The first-order valence-corrected chi connectivity index (χ1v) is 6.31. The molecule has 2 fully saturated rings. The summed E-state index contributed by atoms with van der Waals surface area (Å²) < 4.78 is 31.6. The lowest BCUT2D eigenvalue weighted by Crippen LogP contribution is -2.59. The Kier molecular flexibility index (Phi) is 5.30. The quantitative estimate of drug-likeness (QED) is 0.646. The number of carbonyl (C=O) groups excluding carboxylic acids is 2. The van der Waals surface area contributed by atoms with Crippen LogP contribution in [-0.2, 0) is 38.0 Å². The van der Waals surface area contributed by atoms with Gasteiger partial charge in [-0.3, -0.25) is 9.59 Å². The van der Waals surface area contributed by atoms with Crippen LogP contribution >= 0.6 is 0 Å². The Morgan fingerprint density at radius 2 is 1.25 bits per heavy atom. The van der Waals surface area contributed by atoms with Gasteiger partial charge in [-0.1, -0.05) is 0 Å². The first kappa shape index (κ1) is 15.2. The standard InChI is InChI=1S/C12H18O8/c1-7(13)15-3-9-11-12(20-5-17-9)10(18-6-19-11)4-16-8(2)14/h9-12H,3-6H2,1-2H3/t9-,10+,11-,12-/m1/s1. The van der Waals surface area contributed by atoms with Gasteiger partial charge in [-0.2, -0.15) is 0 Å². The van der Waals surface area contributed by atoms with E-state index in [2.05, 4.69) is 0 Å². The van der Waals surface area contributed by atoms with Crippen LogP contribution in [0.5, 0.6) is 0 Å². The number of fused-ring (bicyclic) bond motifs is 1. The summed E-state index contributed by atoms with van der Waals surface area (Å²) in [7, 11) is 0. The van der Waals surface area contributed by atoms with Crippen molar-refractivity contribution in [1.29, 1.82) is 0 Å². The smallest absolute Gasteiger partial charge is 0.302 e. The summed E-state index contributed by atoms with van der Waals surface area (Å²) in [6, 6.07) is 0. The minimum absolute atomic E-state index is 0.0381. The second kappa shape index (κ2) is 6.98. The molecule has 0 spiro atoms. The van der Waals surface area contributed by atoms with Crippen LogP contribution in [-0.4, -0.2) is 63.2 Å².